The highest BCUT2D eigenvalue weighted by Crippen LogP contribution is 2.38. The molecule has 3 nitrogen and oxygen atoms in total. The predicted molar refractivity (Wildman–Crippen MR) is 93.9 cm³/mol. The third kappa shape index (κ3) is 2.97. The van der Waals surface area contributed by atoms with Crippen molar-refractivity contribution in [1.29, 1.82) is 0 Å². The fraction of sp³-hybridized carbons (Fsp3) is 0.278. The Balaban J connectivity index is 1.86. The molecule has 22 heavy (non-hydrogen) atoms. The smallest absolute Gasteiger partial charge is 0.307 e. The van der Waals surface area contributed by atoms with Crippen LogP contribution in [0.25, 0.3) is 0 Å². The highest BCUT2D eigenvalue weighted by Gasteiger charge is 2.26. The van der Waals surface area contributed by atoms with Gasteiger partial charge in [0, 0.05) is 22.4 Å². The van der Waals surface area contributed by atoms with Gasteiger partial charge in [-0.3, -0.25) is 4.90 Å². The van der Waals surface area contributed by atoms with E-state index in [0.717, 1.165) is 29.9 Å². The molecule has 0 radical (unpaired) electrons. The summed E-state index contributed by atoms with van der Waals surface area (Å²) in [7, 11) is 0. The third-order valence-corrected chi connectivity index (χ3v) is 4.96. The molecule has 4 heteroatoms. The van der Waals surface area contributed by atoms with Crippen molar-refractivity contribution in [1.82, 2.24) is 0 Å². The molecule has 2 aromatic carbocycles. The summed E-state index contributed by atoms with van der Waals surface area (Å²) >= 11 is 1.83. The summed E-state index contributed by atoms with van der Waals surface area (Å²) in [4.78, 5) is 15.8. The van der Waals surface area contributed by atoms with Crippen LogP contribution in [0.4, 0.5) is 16.2 Å². The number of amides is 2. The number of urea groups is 1. The van der Waals surface area contributed by atoms with E-state index in [1.54, 1.807) is 0 Å². The predicted octanol–water partition coefficient (Wildman–Crippen LogP) is 4.78. The molecule has 1 heterocycles. The Morgan fingerprint density at radius 2 is 1.95 bits per heavy atom. The van der Waals surface area contributed by atoms with Gasteiger partial charge in [-0.05, 0) is 30.2 Å². The molecule has 114 valence electrons. The highest BCUT2D eigenvalue weighted by atomic mass is 32.2. The molecule has 0 unspecified atom stereocenters. The molecule has 1 atom stereocenters. The lowest BCUT2D eigenvalue weighted by Crippen LogP contribution is -2.41. The number of anilines is 2. The number of para-hydroxylation sites is 2. The van der Waals surface area contributed by atoms with Crippen molar-refractivity contribution in [3.8, 4) is 0 Å². The zero-order chi connectivity index (χ0) is 15.5. The highest BCUT2D eigenvalue weighted by molar-refractivity contribution is 8.00. The van der Waals surface area contributed by atoms with Gasteiger partial charge >= 0.3 is 6.03 Å². The van der Waals surface area contributed by atoms with E-state index in [4.69, 9.17) is 0 Å². The molecule has 0 aliphatic carbocycles. The number of hydrogen-bond donors (Lipinski definition) is 1. The maximum absolute atomic E-state index is 12.7. The monoisotopic (exact) mass is 312 g/mol. The first-order valence-corrected chi connectivity index (χ1v) is 8.49. The molecule has 0 aromatic heterocycles. The Labute approximate surface area is 135 Å². The van der Waals surface area contributed by atoms with Crippen LogP contribution in [0.2, 0.25) is 0 Å². The van der Waals surface area contributed by atoms with Crippen molar-refractivity contribution in [2.24, 2.45) is 0 Å². The SMILES string of the molecule is CCc1ccccc1NC(=O)N1C[C@@H](C)Sc2ccccc21. The maximum Gasteiger partial charge on any atom is 0.326 e. The summed E-state index contributed by atoms with van der Waals surface area (Å²) in [5.41, 5.74) is 3.05. The van der Waals surface area contributed by atoms with E-state index < -0.39 is 0 Å². The lowest BCUT2D eigenvalue weighted by Gasteiger charge is -2.32. The van der Waals surface area contributed by atoms with E-state index in [1.165, 1.54) is 4.90 Å². The van der Waals surface area contributed by atoms with E-state index >= 15 is 0 Å². The minimum Gasteiger partial charge on any atom is -0.307 e. The number of nitrogens with zero attached hydrogens (tertiary/aromatic N) is 1. The van der Waals surface area contributed by atoms with Crippen LogP contribution in [0, 0.1) is 0 Å². The molecule has 1 aliphatic heterocycles. The van der Waals surface area contributed by atoms with Crippen LogP contribution >= 0.6 is 11.8 Å². The van der Waals surface area contributed by atoms with Gasteiger partial charge in [0.1, 0.15) is 0 Å². The second-order valence-electron chi connectivity index (χ2n) is 5.45. The largest absolute Gasteiger partial charge is 0.326 e. The van der Waals surface area contributed by atoms with Gasteiger partial charge in [-0.1, -0.05) is 44.2 Å². The quantitative estimate of drug-likeness (QED) is 0.865. The van der Waals surface area contributed by atoms with Crippen molar-refractivity contribution in [3.05, 3.63) is 54.1 Å². The second kappa shape index (κ2) is 6.44. The van der Waals surface area contributed by atoms with Crippen molar-refractivity contribution in [2.75, 3.05) is 16.8 Å². The first-order chi connectivity index (χ1) is 10.7. The van der Waals surface area contributed by atoms with Crippen LogP contribution < -0.4 is 10.2 Å². The van der Waals surface area contributed by atoms with Crippen LogP contribution in [0.15, 0.2) is 53.4 Å². The lowest BCUT2D eigenvalue weighted by atomic mass is 10.1. The second-order valence-corrected chi connectivity index (χ2v) is 6.93. The van der Waals surface area contributed by atoms with Gasteiger partial charge < -0.3 is 5.32 Å². The number of nitrogens with one attached hydrogen (secondary N) is 1. The lowest BCUT2D eigenvalue weighted by molar-refractivity contribution is 0.256. The van der Waals surface area contributed by atoms with Crippen molar-refractivity contribution >= 4 is 29.2 Å². The number of carbonyl (C=O) groups is 1. The van der Waals surface area contributed by atoms with Crippen molar-refractivity contribution in [2.45, 2.75) is 30.4 Å². The maximum atomic E-state index is 12.7. The molecule has 0 bridgehead atoms. The molecular weight excluding hydrogens is 292 g/mol. The van der Waals surface area contributed by atoms with Crippen LogP contribution in [0.3, 0.4) is 0 Å². The Bertz CT molecular complexity index is 686. The molecule has 1 aliphatic rings. The Morgan fingerprint density at radius 1 is 1.23 bits per heavy atom. The Kier molecular flexibility index (Phi) is 4.39. The van der Waals surface area contributed by atoms with Gasteiger partial charge in [-0.25, -0.2) is 4.79 Å². The Hall–Kier alpha value is -1.94. The number of carbonyl (C=O) groups excluding carboxylic acids is 1. The summed E-state index contributed by atoms with van der Waals surface area (Å²) in [6.07, 6.45) is 0.902. The van der Waals surface area contributed by atoms with E-state index in [9.17, 15) is 4.79 Å². The fourth-order valence-electron chi connectivity index (χ4n) is 2.71. The number of fused-ring (bicyclic) bond motifs is 1. The van der Waals surface area contributed by atoms with Gasteiger partial charge in [-0.2, -0.15) is 0 Å². The average molecular weight is 312 g/mol. The zero-order valence-corrected chi connectivity index (χ0v) is 13.7. The number of hydrogen-bond acceptors (Lipinski definition) is 2. The van der Waals surface area contributed by atoms with Gasteiger partial charge in [0.2, 0.25) is 0 Å². The zero-order valence-electron chi connectivity index (χ0n) is 12.9. The molecule has 0 spiro atoms. The molecule has 1 N–H and O–H groups in total. The van der Waals surface area contributed by atoms with Gasteiger partial charge in [0.05, 0.1) is 5.69 Å². The average Bonchev–Trinajstić information content (AvgIpc) is 2.54. The third-order valence-electron chi connectivity index (χ3n) is 3.81. The summed E-state index contributed by atoms with van der Waals surface area (Å²) in [6, 6.07) is 16.0. The first-order valence-electron chi connectivity index (χ1n) is 7.61. The fourth-order valence-corrected chi connectivity index (χ4v) is 3.83. The van der Waals surface area contributed by atoms with Crippen LogP contribution in [-0.4, -0.2) is 17.8 Å². The van der Waals surface area contributed by atoms with E-state index in [-0.39, 0.29) is 6.03 Å². The van der Waals surface area contributed by atoms with E-state index in [0.29, 0.717) is 5.25 Å². The topological polar surface area (TPSA) is 32.3 Å². The molecule has 0 saturated carbocycles. The normalized spacial score (nSPS) is 17.0. The van der Waals surface area contributed by atoms with Crippen LogP contribution in [0.1, 0.15) is 19.4 Å². The molecule has 0 saturated heterocycles. The Morgan fingerprint density at radius 3 is 2.77 bits per heavy atom. The minimum atomic E-state index is -0.0551. The van der Waals surface area contributed by atoms with Gasteiger partial charge in [0.25, 0.3) is 0 Å². The van der Waals surface area contributed by atoms with E-state index in [2.05, 4.69) is 31.3 Å². The van der Waals surface area contributed by atoms with Gasteiger partial charge in [-0.15, -0.1) is 11.8 Å². The number of rotatable bonds is 2. The van der Waals surface area contributed by atoms with Crippen molar-refractivity contribution in [3.63, 3.8) is 0 Å². The standard InChI is InChI=1S/C18H20N2OS/c1-3-14-8-4-5-9-15(14)19-18(21)20-12-13(2)22-17-11-7-6-10-16(17)20/h4-11,13H,3,12H2,1-2H3,(H,19,21)/t13-/m1/s1. The molecule has 3 rings (SSSR count). The van der Waals surface area contributed by atoms with Gasteiger partial charge in [0.15, 0.2) is 0 Å². The summed E-state index contributed by atoms with van der Waals surface area (Å²) in [6.45, 7) is 4.97. The van der Waals surface area contributed by atoms with E-state index in [1.807, 2.05) is 53.1 Å². The molecular formula is C18H20N2OS. The van der Waals surface area contributed by atoms with Crippen LogP contribution in [0.5, 0.6) is 0 Å². The summed E-state index contributed by atoms with van der Waals surface area (Å²) in [5.74, 6) is 0. The molecule has 2 amide bonds. The number of thioether (sulfide) groups is 1. The summed E-state index contributed by atoms with van der Waals surface area (Å²) < 4.78 is 0. The number of benzene rings is 2. The first kappa shape index (κ1) is 15.0. The molecule has 2 aromatic rings. The minimum absolute atomic E-state index is 0.0551. The van der Waals surface area contributed by atoms with Crippen molar-refractivity contribution < 1.29 is 4.79 Å². The summed E-state index contributed by atoms with van der Waals surface area (Å²) in [5, 5.41) is 3.46. The number of aryl methyl sites for hydroxylation is 1. The molecule has 0 fully saturated rings. The van der Waals surface area contributed by atoms with Crippen LogP contribution in [-0.2, 0) is 6.42 Å².